The summed E-state index contributed by atoms with van der Waals surface area (Å²) in [5.41, 5.74) is 6.46. The molecule has 0 saturated carbocycles. The number of nitrogens with one attached hydrogen (secondary N) is 1. The molecule has 3 N–H and O–H groups in total. The molecule has 1 atom stereocenters. The summed E-state index contributed by atoms with van der Waals surface area (Å²) < 4.78 is 28.7. The fraction of sp³-hybridized carbons (Fsp3) is 0.429. The first-order chi connectivity index (χ1) is 15.2. The summed E-state index contributed by atoms with van der Waals surface area (Å²) in [6, 6.07) is 6.95. The maximum absolute atomic E-state index is 13.0. The van der Waals surface area contributed by atoms with E-state index in [0.29, 0.717) is 17.9 Å². The SMILES string of the molecule is Cn1cc(S(=O)(=O)N2CCC(C(=O)N[C@@H]3CCSc4ccc(Cl)cc43)CC2)cc1C(N)=O. The van der Waals surface area contributed by atoms with Crippen LogP contribution in [0.4, 0.5) is 0 Å². The predicted molar refractivity (Wildman–Crippen MR) is 123 cm³/mol. The number of amides is 2. The zero-order valence-electron chi connectivity index (χ0n) is 17.6. The molecular weight excluding hydrogens is 472 g/mol. The summed E-state index contributed by atoms with van der Waals surface area (Å²) in [4.78, 5) is 25.6. The van der Waals surface area contributed by atoms with Crippen molar-refractivity contribution in [1.82, 2.24) is 14.2 Å². The van der Waals surface area contributed by atoms with E-state index in [1.165, 1.54) is 21.1 Å². The Kier molecular flexibility index (Phi) is 6.58. The van der Waals surface area contributed by atoms with Crippen LogP contribution in [-0.2, 0) is 21.9 Å². The zero-order valence-corrected chi connectivity index (χ0v) is 20.0. The number of benzene rings is 1. The molecule has 0 radical (unpaired) electrons. The Hall–Kier alpha value is -2.01. The molecular formula is C21H25ClN4O4S2. The largest absolute Gasteiger partial charge is 0.364 e. The Balaban J connectivity index is 1.40. The molecule has 1 aromatic carbocycles. The molecule has 172 valence electrons. The Morgan fingerprint density at radius 3 is 2.56 bits per heavy atom. The maximum atomic E-state index is 13.0. The molecule has 2 aliphatic rings. The van der Waals surface area contributed by atoms with Crippen LogP contribution < -0.4 is 11.1 Å². The maximum Gasteiger partial charge on any atom is 0.265 e. The van der Waals surface area contributed by atoms with Crippen molar-refractivity contribution in [1.29, 1.82) is 0 Å². The lowest BCUT2D eigenvalue weighted by Crippen LogP contribution is -2.44. The van der Waals surface area contributed by atoms with Crippen LogP contribution in [0.5, 0.6) is 0 Å². The average molecular weight is 497 g/mol. The number of piperidine rings is 1. The Labute approximate surface area is 196 Å². The lowest BCUT2D eigenvalue weighted by Gasteiger charge is -2.32. The second-order valence-corrected chi connectivity index (χ2v) is 11.6. The normalized spacial score (nSPS) is 20.0. The van der Waals surface area contributed by atoms with Crippen molar-refractivity contribution >= 4 is 45.2 Å². The highest BCUT2D eigenvalue weighted by Gasteiger charge is 2.34. The standard InChI is InChI=1S/C21H25ClN4O4S2/c1-25-12-15(11-18(25)20(23)27)32(29,30)26-7-4-13(5-8-26)21(28)24-17-6-9-31-19-3-2-14(22)10-16(17)19/h2-3,10-13,17H,4-9H2,1H3,(H2,23,27)(H,24,28)/t17-/m1/s1. The number of carbonyl (C=O) groups excluding carboxylic acids is 2. The predicted octanol–water partition coefficient (Wildman–Crippen LogP) is 2.53. The molecule has 0 aliphatic carbocycles. The molecule has 8 nitrogen and oxygen atoms in total. The number of carbonyl (C=O) groups is 2. The van der Waals surface area contributed by atoms with Crippen LogP contribution in [0.3, 0.4) is 0 Å². The van der Waals surface area contributed by atoms with Crippen molar-refractivity contribution in [2.24, 2.45) is 18.7 Å². The van der Waals surface area contributed by atoms with Gasteiger partial charge in [-0.15, -0.1) is 11.8 Å². The molecule has 1 fully saturated rings. The summed E-state index contributed by atoms with van der Waals surface area (Å²) in [6.45, 7) is 0.480. The first-order valence-corrected chi connectivity index (χ1v) is 13.2. The van der Waals surface area contributed by atoms with Crippen molar-refractivity contribution in [3.05, 3.63) is 46.7 Å². The van der Waals surface area contributed by atoms with Gasteiger partial charge in [0.1, 0.15) is 10.6 Å². The number of aryl methyl sites for hydroxylation is 1. The van der Waals surface area contributed by atoms with E-state index >= 15 is 0 Å². The Morgan fingerprint density at radius 2 is 1.91 bits per heavy atom. The number of sulfonamides is 1. The van der Waals surface area contributed by atoms with Gasteiger partial charge in [0.05, 0.1) is 6.04 Å². The Morgan fingerprint density at radius 1 is 1.19 bits per heavy atom. The molecule has 3 heterocycles. The summed E-state index contributed by atoms with van der Waals surface area (Å²) in [7, 11) is -2.19. The minimum Gasteiger partial charge on any atom is -0.364 e. The van der Waals surface area contributed by atoms with Crippen LogP contribution >= 0.6 is 23.4 Å². The second kappa shape index (κ2) is 9.09. The van der Waals surface area contributed by atoms with Crippen LogP contribution in [0.2, 0.25) is 5.02 Å². The fourth-order valence-electron chi connectivity index (χ4n) is 4.23. The van der Waals surface area contributed by atoms with E-state index in [-0.39, 0.29) is 41.5 Å². The van der Waals surface area contributed by atoms with Gasteiger partial charge in [-0.1, -0.05) is 11.6 Å². The minimum atomic E-state index is -3.76. The van der Waals surface area contributed by atoms with Crippen molar-refractivity contribution in [3.8, 4) is 0 Å². The molecule has 1 saturated heterocycles. The third kappa shape index (κ3) is 4.54. The number of primary amides is 1. The Bertz CT molecular complexity index is 1160. The van der Waals surface area contributed by atoms with Crippen LogP contribution in [0, 0.1) is 5.92 Å². The van der Waals surface area contributed by atoms with Gasteiger partial charge in [-0.05, 0) is 49.1 Å². The number of nitrogens with zero attached hydrogens (tertiary/aromatic N) is 2. The number of rotatable bonds is 5. The minimum absolute atomic E-state index is 0.0323. The van der Waals surface area contributed by atoms with E-state index in [2.05, 4.69) is 5.32 Å². The monoisotopic (exact) mass is 496 g/mol. The summed E-state index contributed by atoms with van der Waals surface area (Å²) in [6.07, 6.45) is 3.08. The number of hydrogen-bond donors (Lipinski definition) is 2. The third-order valence-electron chi connectivity index (χ3n) is 6.02. The number of fused-ring (bicyclic) bond motifs is 1. The molecule has 2 aliphatic heterocycles. The van der Waals surface area contributed by atoms with Gasteiger partial charge < -0.3 is 15.6 Å². The van der Waals surface area contributed by atoms with E-state index in [0.717, 1.165) is 22.6 Å². The van der Waals surface area contributed by atoms with Crippen LogP contribution in [0.25, 0.3) is 0 Å². The molecule has 0 bridgehead atoms. The number of halogens is 1. The first-order valence-electron chi connectivity index (χ1n) is 10.4. The lowest BCUT2D eigenvalue weighted by atomic mass is 9.95. The molecule has 1 aromatic heterocycles. The smallest absolute Gasteiger partial charge is 0.265 e. The van der Waals surface area contributed by atoms with E-state index in [1.54, 1.807) is 18.8 Å². The molecule has 0 spiro atoms. The van der Waals surface area contributed by atoms with Crippen molar-refractivity contribution in [2.75, 3.05) is 18.8 Å². The van der Waals surface area contributed by atoms with Crippen molar-refractivity contribution in [2.45, 2.75) is 35.1 Å². The van der Waals surface area contributed by atoms with Crippen LogP contribution in [0.1, 0.15) is 41.4 Å². The van der Waals surface area contributed by atoms with Gasteiger partial charge in [0.2, 0.25) is 15.9 Å². The number of hydrogen-bond acceptors (Lipinski definition) is 5. The summed E-state index contributed by atoms with van der Waals surface area (Å²) in [5, 5.41) is 3.79. The highest BCUT2D eigenvalue weighted by molar-refractivity contribution is 7.99. The van der Waals surface area contributed by atoms with Gasteiger partial charge in [-0.25, -0.2) is 8.42 Å². The highest BCUT2D eigenvalue weighted by atomic mass is 35.5. The van der Waals surface area contributed by atoms with Crippen molar-refractivity contribution < 1.29 is 18.0 Å². The van der Waals surface area contributed by atoms with Gasteiger partial charge in [-0.3, -0.25) is 9.59 Å². The molecule has 2 amide bonds. The summed E-state index contributed by atoms with van der Waals surface area (Å²) >= 11 is 7.91. The third-order valence-corrected chi connectivity index (χ3v) is 9.24. The van der Waals surface area contributed by atoms with Gasteiger partial charge >= 0.3 is 0 Å². The molecule has 0 unspecified atom stereocenters. The van der Waals surface area contributed by atoms with Crippen LogP contribution in [-0.4, -0.2) is 47.9 Å². The highest BCUT2D eigenvalue weighted by Crippen LogP contribution is 2.38. The topological polar surface area (TPSA) is 114 Å². The van der Waals surface area contributed by atoms with Gasteiger partial charge in [0, 0.05) is 47.9 Å². The van der Waals surface area contributed by atoms with Gasteiger partial charge in [0.15, 0.2) is 0 Å². The van der Waals surface area contributed by atoms with Crippen molar-refractivity contribution in [3.63, 3.8) is 0 Å². The van der Waals surface area contributed by atoms with E-state index in [9.17, 15) is 18.0 Å². The molecule has 4 rings (SSSR count). The number of nitrogens with two attached hydrogens (primary N) is 1. The second-order valence-electron chi connectivity index (χ2n) is 8.10. The van der Waals surface area contributed by atoms with E-state index in [1.807, 2.05) is 18.2 Å². The van der Waals surface area contributed by atoms with Gasteiger partial charge in [0.25, 0.3) is 5.91 Å². The fourth-order valence-corrected chi connectivity index (χ4v) is 7.06. The van der Waals surface area contributed by atoms with Crippen LogP contribution in [0.15, 0.2) is 40.3 Å². The number of thioether (sulfide) groups is 1. The quantitative estimate of drug-likeness (QED) is 0.660. The lowest BCUT2D eigenvalue weighted by molar-refractivity contribution is -0.126. The molecule has 11 heteroatoms. The first kappa shape index (κ1) is 23.2. The zero-order chi connectivity index (χ0) is 23.0. The number of aromatic nitrogens is 1. The summed E-state index contributed by atoms with van der Waals surface area (Å²) in [5.74, 6) is -0.0785. The molecule has 2 aromatic rings. The average Bonchev–Trinajstić information content (AvgIpc) is 3.17. The van der Waals surface area contributed by atoms with E-state index in [4.69, 9.17) is 17.3 Å². The van der Waals surface area contributed by atoms with E-state index < -0.39 is 15.9 Å². The molecule has 32 heavy (non-hydrogen) atoms. The van der Waals surface area contributed by atoms with Gasteiger partial charge in [-0.2, -0.15) is 4.31 Å².